The fourth-order valence-electron chi connectivity index (χ4n) is 8.67. The van der Waals surface area contributed by atoms with E-state index < -0.39 is 20.0 Å². The largest absolute Gasteiger partial charge is 0.472 e. The van der Waals surface area contributed by atoms with Gasteiger partial charge in [0.2, 0.25) is 5.91 Å². The van der Waals surface area contributed by atoms with Gasteiger partial charge in [-0.2, -0.15) is 0 Å². The number of rotatable bonds is 54. The van der Waals surface area contributed by atoms with Crippen LogP contribution >= 0.6 is 7.82 Å². The molecule has 0 rings (SSSR count). The monoisotopic (exact) mass is 1000 g/mol. The molecule has 9 heteroatoms. The molecule has 0 aromatic carbocycles. The summed E-state index contributed by atoms with van der Waals surface area (Å²) in [5.74, 6) is -0.199. The van der Waals surface area contributed by atoms with E-state index in [2.05, 4.69) is 79.9 Å². The lowest BCUT2D eigenvalue weighted by Gasteiger charge is -2.26. The van der Waals surface area contributed by atoms with Gasteiger partial charge < -0.3 is 19.8 Å². The maximum atomic E-state index is 12.9. The molecular formula is C61H116N2O6P+. The summed E-state index contributed by atoms with van der Waals surface area (Å²) in [7, 11) is 1.58. The highest BCUT2D eigenvalue weighted by Gasteiger charge is 2.28. The minimum absolute atomic E-state index is 0.0618. The van der Waals surface area contributed by atoms with Crippen molar-refractivity contribution in [1.29, 1.82) is 0 Å². The molecule has 70 heavy (non-hydrogen) atoms. The number of amides is 1. The van der Waals surface area contributed by atoms with E-state index in [1.807, 2.05) is 21.1 Å². The Labute approximate surface area is 434 Å². The first-order valence-electron chi connectivity index (χ1n) is 29.7. The molecule has 0 fully saturated rings. The second-order valence-electron chi connectivity index (χ2n) is 21.3. The number of phosphoric acid groups is 1. The van der Waals surface area contributed by atoms with E-state index >= 15 is 0 Å². The van der Waals surface area contributed by atoms with E-state index in [9.17, 15) is 19.4 Å². The third-order valence-electron chi connectivity index (χ3n) is 13.3. The Bertz CT molecular complexity index is 1320. The van der Waals surface area contributed by atoms with Crippen LogP contribution in [-0.4, -0.2) is 73.4 Å². The van der Waals surface area contributed by atoms with E-state index in [4.69, 9.17) is 9.05 Å². The number of nitrogens with zero attached hydrogens (tertiary/aromatic N) is 1. The quantitative estimate of drug-likeness (QED) is 0.0243. The van der Waals surface area contributed by atoms with Crippen LogP contribution < -0.4 is 5.32 Å². The van der Waals surface area contributed by atoms with Crippen LogP contribution in [0.15, 0.2) is 60.8 Å². The fourth-order valence-corrected chi connectivity index (χ4v) is 9.41. The van der Waals surface area contributed by atoms with Crippen molar-refractivity contribution >= 4 is 13.7 Å². The molecule has 3 atom stereocenters. The maximum absolute atomic E-state index is 12.9. The Morgan fingerprint density at radius 1 is 0.500 bits per heavy atom. The van der Waals surface area contributed by atoms with Crippen molar-refractivity contribution in [2.75, 3.05) is 40.9 Å². The smallest absolute Gasteiger partial charge is 0.391 e. The van der Waals surface area contributed by atoms with Gasteiger partial charge in [-0.25, -0.2) is 4.57 Å². The molecule has 0 aromatic heterocycles. The number of phosphoric ester groups is 1. The number of carbonyl (C=O) groups excluding carboxylic acids is 1. The third-order valence-corrected chi connectivity index (χ3v) is 14.3. The number of aliphatic hydroxyl groups excluding tert-OH is 1. The van der Waals surface area contributed by atoms with Gasteiger partial charge in [0.1, 0.15) is 13.2 Å². The van der Waals surface area contributed by atoms with Crippen LogP contribution in [0, 0.1) is 0 Å². The number of hydrogen-bond donors (Lipinski definition) is 3. The normalized spacial score (nSPS) is 14.3. The lowest BCUT2D eigenvalue weighted by atomic mass is 10.0. The van der Waals surface area contributed by atoms with Gasteiger partial charge in [0.05, 0.1) is 39.9 Å². The summed E-state index contributed by atoms with van der Waals surface area (Å²) < 4.78 is 23.7. The molecule has 3 unspecified atom stereocenters. The van der Waals surface area contributed by atoms with Crippen molar-refractivity contribution < 1.29 is 32.9 Å². The molecule has 0 aliphatic carbocycles. The molecule has 3 N–H and O–H groups in total. The molecule has 0 heterocycles. The highest BCUT2D eigenvalue weighted by molar-refractivity contribution is 7.47. The minimum atomic E-state index is -4.34. The predicted octanol–water partition coefficient (Wildman–Crippen LogP) is 18.1. The number of carbonyl (C=O) groups is 1. The molecular weight excluding hydrogens is 888 g/mol. The molecule has 410 valence electrons. The Kier molecular flexibility index (Phi) is 50.7. The summed E-state index contributed by atoms with van der Waals surface area (Å²) in [6, 6.07) is -0.794. The zero-order chi connectivity index (χ0) is 51.3. The van der Waals surface area contributed by atoms with E-state index in [1.165, 1.54) is 180 Å². The lowest BCUT2D eigenvalue weighted by Crippen LogP contribution is -2.46. The number of likely N-dealkylation sites (N-methyl/N-ethyl adjacent to an activating group) is 1. The van der Waals surface area contributed by atoms with E-state index in [-0.39, 0.29) is 19.1 Å². The second-order valence-corrected chi connectivity index (χ2v) is 22.8. The van der Waals surface area contributed by atoms with Crippen LogP contribution in [0.25, 0.3) is 0 Å². The number of quaternary nitrogens is 1. The average molecular weight is 1000 g/mol. The predicted molar refractivity (Wildman–Crippen MR) is 304 cm³/mol. The van der Waals surface area contributed by atoms with E-state index in [0.29, 0.717) is 30.3 Å². The Morgan fingerprint density at radius 2 is 0.843 bits per heavy atom. The topological polar surface area (TPSA) is 105 Å². The molecule has 0 saturated carbocycles. The van der Waals surface area contributed by atoms with E-state index in [1.54, 1.807) is 0 Å². The Hall–Kier alpha value is -1.80. The molecule has 0 aliphatic heterocycles. The second kappa shape index (κ2) is 52.1. The SMILES string of the molecule is CC/C=C\C/C=C\C/C=C\C/C=C\C/C=C\CCCC(=O)NC(COP(=O)(O)OCC[N+](C)(C)C)C(O)CCCCCCCCCCCCCCCCCCCCCCCCCCCCCCCCC. The highest BCUT2D eigenvalue weighted by atomic mass is 31.2. The molecule has 1 amide bonds. The first-order chi connectivity index (χ1) is 34.0. The van der Waals surface area contributed by atoms with E-state index in [0.717, 1.165) is 57.8 Å². The van der Waals surface area contributed by atoms with Crippen molar-refractivity contribution in [2.24, 2.45) is 0 Å². The van der Waals surface area contributed by atoms with Gasteiger partial charge in [-0.3, -0.25) is 13.8 Å². The number of allylic oxidation sites excluding steroid dienone is 10. The first-order valence-corrected chi connectivity index (χ1v) is 31.1. The number of unbranched alkanes of at least 4 members (excludes halogenated alkanes) is 31. The van der Waals surface area contributed by atoms with Crippen LogP contribution in [-0.2, 0) is 18.4 Å². The molecule has 0 saturated heterocycles. The maximum Gasteiger partial charge on any atom is 0.472 e. The summed E-state index contributed by atoms with van der Waals surface area (Å²) in [5.41, 5.74) is 0. The zero-order valence-electron chi connectivity index (χ0n) is 46.8. The van der Waals surface area contributed by atoms with Crippen molar-refractivity contribution in [3.8, 4) is 0 Å². The first kappa shape index (κ1) is 68.2. The minimum Gasteiger partial charge on any atom is -0.391 e. The van der Waals surface area contributed by atoms with Gasteiger partial charge in [-0.1, -0.05) is 274 Å². The molecule has 8 nitrogen and oxygen atoms in total. The number of hydrogen-bond acceptors (Lipinski definition) is 5. The van der Waals surface area contributed by atoms with Gasteiger partial charge in [0.15, 0.2) is 0 Å². The summed E-state index contributed by atoms with van der Waals surface area (Å²) in [6.07, 6.45) is 70.3. The lowest BCUT2D eigenvalue weighted by molar-refractivity contribution is -0.870. The van der Waals surface area contributed by atoms with Gasteiger partial charge >= 0.3 is 7.82 Å². The summed E-state index contributed by atoms with van der Waals surface area (Å²) in [4.78, 5) is 23.3. The van der Waals surface area contributed by atoms with Crippen LogP contribution in [0.1, 0.15) is 271 Å². The van der Waals surface area contributed by atoms with Crippen LogP contribution in [0.4, 0.5) is 0 Å². The molecule has 0 radical (unpaired) electrons. The van der Waals surface area contributed by atoms with Crippen molar-refractivity contribution in [3.63, 3.8) is 0 Å². The molecule has 0 aliphatic rings. The van der Waals surface area contributed by atoms with Crippen LogP contribution in [0.5, 0.6) is 0 Å². The number of nitrogens with one attached hydrogen (secondary N) is 1. The molecule has 0 spiro atoms. The summed E-state index contributed by atoms with van der Waals surface area (Å²) in [5, 5.41) is 14.0. The van der Waals surface area contributed by atoms with Crippen LogP contribution in [0.3, 0.4) is 0 Å². The average Bonchev–Trinajstić information content (AvgIpc) is 3.32. The molecule has 0 aromatic rings. The van der Waals surface area contributed by atoms with Crippen molar-refractivity contribution in [1.82, 2.24) is 5.32 Å². The summed E-state index contributed by atoms with van der Waals surface area (Å²) >= 11 is 0. The van der Waals surface area contributed by atoms with Gasteiger partial charge in [0, 0.05) is 6.42 Å². The van der Waals surface area contributed by atoms with Crippen LogP contribution in [0.2, 0.25) is 0 Å². The van der Waals surface area contributed by atoms with Gasteiger partial charge in [0.25, 0.3) is 0 Å². The van der Waals surface area contributed by atoms with Gasteiger partial charge in [-0.15, -0.1) is 0 Å². The Morgan fingerprint density at radius 3 is 1.20 bits per heavy atom. The zero-order valence-corrected chi connectivity index (χ0v) is 47.7. The Balaban J connectivity index is 4.11. The summed E-state index contributed by atoms with van der Waals surface area (Å²) in [6.45, 7) is 4.75. The highest BCUT2D eigenvalue weighted by Crippen LogP contribution is 2.43. The molecule has 0 bridgehead atoms. The fraction of sp³-hybridized carbons (Fsp3) is 0.820. The van der Waals surface area contributed by atoms with Gasteiger partial charge in [-0.05, 0) is 51.4 Å². The van der Waals surface area contributed by atoms with Crippen molar-refractivity contribution in [3.05, 3.63) is 60.8 Å². The van der Waals surface area contributed by atoms with Crippen molar-refractivity contribution in [2.45, 2.75) is 283 Å². The standard InChI is InChI=1S/C61H115N2O6P/c1-6-8-10-12-14-16-18-20-22-24-25-26-27-28-29-30-31-32-33-34-35-36-37-39-40-42-44-46-48-50-52-54-60(64)59(58-69-70(66,67)68-57-56-63(3,4)5)62-61(65)55-53-51-49-47-45-43-41-38-23-21-19-17-15-13-11-9-7-2/h9,11,15,17,21,23,41,43,47,49,59-60,64H,6-8,10,12-14,16,18-20,22,24-40,42,44-46,48,50-58H2,1-5H3,(H-,62,65,66,67)/p+1/b11-9-,17-15-,23-21-,43-41-,49-47-. The third kappa shape index (κ3) is 54.0. The number of aliphatic hydroxyl groups is 1.